The molecule has 0 aromatic heterocycles. The van der Waals surface area contributed by atoms with Crippen LogP contribution in [0.25, 0.3) is 0 Å². The van der Waals surface area contributed by atoms with Crippen molar-refractivity contribution in [3.8, 4) is 24.1 Å². The summed E-state index contributed by atoms with van der Waals surface area (Å²) >= 11 is 0. The summed E-state index contributed by atoms with van der Waals surface area (Å²) in [6.07, 6.45) is -7.41. The fraction of sp³-hybridized carbons (Fsp3) is 0.333. The molecule has 0 aliphatic carbocycles. The maximum atomic E-state index is 11.3. The minimum absolute atomic E-state index is 0.121. The lowest BCUT2D eigenvalue weighted by molar-refractivity contribution is -0.209. The van der Waals surface area contributed by atoms with Crippen LogP contribution in [0.4, 0.5) is 26.3 Å². The molecule has 1 radical (unpaired) electrons. The molecule has 0 saturated carbocycles. The molecule has 4 nitrogen and oxygen atoms in total. The van der Waals surface area contributed by atoms with Crippen molar-refractivity contribution in [2.45, 2.75) is 12.4 Å². The van der Waals surface area contributed by atoms with E-state index in [1.807, 2.05) is 0 Å². The van der Waals surface area contributed by atoms with Crippen molar-refractivity contribution < 1.29 is 45.7 Å². The van der Waals surface area contributed by atoms with Crippen LogP contribution in [0, 0.1) is 24.1 Å². The van der Waals surface area contributed by atoms with Gasteiger partial charge in [-0.3, -0.25) is 9.78 Å². The largest absolute Gasteiger partial charge is 0.594 e. The quantitative estimate of drug-likeness (QED) is 0.192. The summed E-state index contributed by atoms with van der Waals surface area (Å²) in [5.41, 5.74) is 0. The predicted octanol–water partition coefficient (Wildman–Crippen LogP) is 1.46. The molecule has 0 saturated heterocycles. The second-order valence-corrected chi connectivity index (χ2v) is 1.90. The Bertz CT molecular complexity index is 308. The number of rotatable bonds is 4. The molecular weight excluding hydrogens is 261 g/mol. The Kier molecular flexibility index (Phi) is 6.10. The molecule has 0 unspecified atom stereocenters. The predicted molar refractivity (Wildman–Crippen MR) is 37.8 cm³/mol. The first-order chi connectivity index (χ1) is 7.71. The molecule has 0 spiro atoms. The molecule has 0 N–H and O–H groups in total. The van der Waals surface area contributed by atoms with Crippen molar-refractivity contribution in [1.29, 1.82) is 0 Å². The Labute approximate surface area is 90.9 Å². The first kappa shape index (κ1) is 15.3. The van der Waals surface area contributed by atoms with Crippen LogP contribution in [0.15, 0.2) is 0 Å². The summed E-state index contributed by atoms with van der Waals surface area (Å²) in [5, 5.41) is 0. The Morgan fingerprint density at radius 1 is 0.706 bits per heavy atom. The zero-order chi connectivity index (χ0) is 13.4. The van der Waals surface area contributed by atoms with Crippen LogP contribution in [-0.2, 0) is 19.4 Å². The van der Waals surface area contributed by atoms with Gasteiger partial charge in [-0.1, -0.05) is 0 Å². The average molecular weight is 261 g/mol. The van der Waals surface area contributed by atoms with Crippen LogP contribution in [0.3, 0.4) is 0 Å². The summed E-state index contributed by atoms with van der Waals surface area (Å²) in [4.78, 5) is 14.4. The molecule has 0 fully saturated rings. The second kappa shape index (κ2) is 6.78. The fourth-order valence-electron chi connectivity index (χ4n) is 0.261. The molecule has 11 heteroatoms. The second-order valence-electron chi connectivity index (χ2n) is 1.90. The van der Waals surface area contributed by atoms with Crippen LogP contribution in [0.2, 0.25) is 0 Å². The lowest BCUT2D eigenvalue weighted by Gasteiger charge is -1.95. The average Bonchev–Trinajstić information content (AvgIpc) is 2.11. The van der Waals surface area contributed by atoms with Crippen molar-refractivity contribution in [2.24, 2.45) is 0 Å². The van der Waals surface area contributed by atoms with E-state index in [0.717, 1.165) is 12.2 Å². The van der Waals surface area contributed by atoms with Gasteiger partial charge in [0.1, 0.15) is 0 Å². The van der Waals surface area contributed by atoms with E-state index >= 15 is 0 Å². The van der Waals surface area contributed by atoms with Crippen LogP contribution in [-0.4, -0.2) is 20.0 Å². The van der Waals surface area contributed by atoms with Crippen LogP contribution in [0.5, 0.6) is 0 Å². The van der Waals surface area contributed by atoms with E-state index in [-0.39, 0.29) is 7.69 Å². The first-order valence-corrected chi connectivity index (χ1v) is 3.35. The van der Waals surface area contributed by atoms with Crippen molar-refractivity contribution >= 4 is 7.69 Å². The molecule has 0 aliphatic heterocycles. The Morgan fingerprint density at radius 2 is 1.06 bits per heavy atom. The molecule has 0 atom stereocenters. The van der Waals surface area contributed by atoms with Crippen molar-refractivity contribution in [2.75, 3.05) is 0 Å². The number of halogens is 6. The summed E-state index contributed by atoms with van der Waals surface area (Å²) < 4.78 is 68.1. The highest BCUT2D eigenvalue weighted by molar-refractivity contribution is 6.17. The molecule has 17 heavy (non-hydrogen) atoms. The zero-order valence-corrected chi connectivity index (χ0v) is 7.48. The van der Waals surface area contributed by atoms with Gasteiger partial charge in [0, 0.05) is 0 Å². The molecule has 0 amide bonds. The van der Waals surface area contributed by atoms with Crippen molar-refractivity contribution in [3.05, 3.63) is 0 Å². The van der Waals surface area contributed by atoms with Crippen LogP contribution < -0.4 is 0 Å². The third kappa shape index (κ3) is 14.3. The van der Waals surface area contributed by atoms with E-state index < -0.39 is 12.4 Å². The normalized spacial score (nSPS) is 10.5. The summed E-state index contributed by atoms with van der Waals surface area (Å²) in [6, 6.07) is 0. The first-order valence-electron chi connectivity index (χ1n) is 3.35. The molecule has 0 bridgehead atoms. The molecule has 0 aromatic carbocycles. The van der Waals surface area contributed by atoms with Crippen LogP contribution in [0.1, 0.15) is 0 Å². The highest BCUT2D eigenvalue weighted by Crippen LogP contribution is 2.12. The summed E-state index contributed by atoms with van der Waals surface area (Å²) in [6.45, 7) is 0. The molecule has 0 aromatic rings. The number of hydrogen-bond donors (Lipinski definition) is 0. The maximum Gasteiger partial charge on any atom is 0.594 e. The van der Waals surface area contributed by atoms with Gasteiger partial charge in [0.2, 0.25) is 0 Å². The van der Waals surface area contributed by atoms with Crippen LogP contribution >= 0.6 is 0 Å². The third-order valence-corrected chi connectivity index (χ3v) is 0.644. The highest BCUT2D eigenvalue weighted by Gasteiger charge is 2.24. The third-order valence-electron chi connectivity index (χ3n) is 0.644. The van der Waals surface area contributed by atoms with Gasteiger partial charge in [-0.25, -0.2) is 9.61 Å². The van der Waals surface area contributed by atoms with Gasteiger partial charge in [0.15, 0.2) is 12.2 Å². The molecule has 0 aliphatic rings. The fourth-order valence-corrected chi connectivity index (χ4v) is 0.261. The Hall–Kier alpha value is -1.72. The molecule has 0 heterocycles. The SMILES string of the molecule is FC(F)(F)C#COO[B]OOC#CC(F)(F)F. The Morgan fingerprint density at radius 3 is 1.35 bits per heavy atom. The van der Waals surface area contributed by atoms with Gasteiger partial charge in [0.05, 0.1) is 11.8 Å². The van der Waals surface area contributed by atoms with E-state index in [4.69, 9.17) is 0 Å². The lowest BCUT2D eigenvalue weighted by atomic mass is 10.4. The highest BCUT2D eigenvalue weighted by atomic mass is 19.4. The summed E-state index contributed by atoms with van der Waals surface area (Å²) in [5.74, 6) is 1.31. The van der Waals surface area contributed by atoms with E-state index in [9.17, 15) is 26.3 Å². The minimum Gasteiger partial charge on any atom is -0.296 e. The van der Waals surface area contributed by atoms with E-state index in [2.05, 4.69) is 19.4 Å². The van der Waals surface area contributed by atoms with E-state index in [0.29, 0.717) is 11.8 Å². The standard InChI is InChI=1S/C6BF6O4/c8-5(9,10)1-3-14-16-7-17-15-4-2-6(11,12)13. The van der Waals surface area contributed by atoms with Gasteiger partial charge in [0.25, 0.3) is 0 Å². The lowest BCUT2D eigenvalue weighted by Crippen LogP contribution is -2.05. The number of alkyl halides is 6. The molecular formula is C6BF6O4. The van der Waals surface area contributed by atoms with Gasteiger partial charge in [-0.05, 0) is 0 Å². The van der Waals surface area contributed by atoms with E-state index in [1.54, 1.807) is 0 Å². The van der Waals surface area contributed by atoms with Crippen molar-refractivity contribution in [3.63, 3.8) is 0 Å². The molecule has 93 valence electrons. The minimum atomic E-state index is -4.76. The number of hydrogen-bond acceptors (Lipinski definition) is 4. The van der Waals surface area contributed by atoms with E-state index in [1.165, 1.54) is 0 Å². The van der Waals surface area contributed by atoms with Gasteiger partial charge >= 0.3 is 20.0 Å². The topological polar surface area (TPSA) is 36.9 Å². The zero-order valence-electron chi connectivity index (χ0n) is 7.48. The van der Waals surface area contributed by atoms with Crippen molar-refractivity contribution in [1.82, 2.24) is 0 Å². The summed E-state index contributed by atoms with van der Waals surface area (Å²) in [7, 11) is 0.121. The van der Waals surface area contributed by atoms with Gasteiger partial charge < -0.3 is 0 Å². The molecule has 0 rings (SSSR count). The Balaban J connectivity index is 3.53. The van der Waals surface area contributed by atoms with Gasteiger partial charge in [-0.2, -0.15) is 26.3 Å². The monoisotopic (exact) mass is 261 g/mol. The maximum absolute atomic E-state index is 11.3. The smallest absolute Gasteiger partial charge is 0.296 e. The van der Waals surface area contributed by atoms with Gasteiger partial charge in [-0.15, -0.1) is 0 Å².